The summed E-state index contributed by atoms with van der Waals surface area (Å²) in [6.45, 7) is 11.7. The molecule has 0 spiro atoms. The summed E-state index contributed by atoms with van der Waals surface area (Å²) in [5.41, 5.74) is 2.64. The van der Waals surface area contributed by atoms with Crippen molar-refractivity contribution in [2.45, 2.75) is 96.0 Å². The zero-order valence-electron chi connectivity index (χ0n) is 21.7. The molecule has 1 aromatic heterocycles. The van der Waals surface area contributed by atoms with Gasteiger partial charge in [0.2, 0.25) is 0 Å². The Kier molecular flexibility index (Phi) is 10.0. The van der Waals surface area contributed by atoms with Crippen molar-refractivity contribution in [1.82, 2.24) is 4.98 Å². The second-order valence-corrected chi connectivity index (χ2v) is 13.9. The fourth-order valence-corrected chi connectivity index (χ4v) is 6.57. The molecule has 2 N–H and O–H groups in total. The number of rotatable bonds is 2. The van der Waals surface area contributed by atoms with Gasteiger partial charge in [0.15, 0.2) is 9.84 Å². The number of aryl methyl sites for hydroxylation is 1. The minimum Gasteiger partial charge on any atom is -0.457 e. The molecule has 0 unspecified atom stereocenters. The molecule has 0 aliphatic carbocycles. The number of hydrogen-bond acceptors (Lipinski definition) is 8. The quantitative estimate of drug-likeness (QED) is 0.435. The monoisotopic (exact) mass is 525 g/mol. The van der Waals surface area contributed by atoms with E-state index in [1.807, 2.05) is 50.5 Å². The van der Waals surface area contributed by atoms with Crippen LogP contribution in [0.3, 0.4) is 0 Å². The van der Waals surface area contributed by atoms with Gasteiger partial charge in [0.1, 0.15) is 6.10 Å². The molecule has 196 valence electrons. The van der Waals surface area contributed by atoms with E-state index in [-0.39, 0.29) is 0 Å². The smallest absolute Gasteiger partial charge is 0.309 e. The molecule has 0 aromatic carbocycles. The van der Waals surface area contributed by atoms with Gasteiger partial charge in [0, 0.05) is 17.7 Å². The van der Waals surface area contributed by atoms with Gasteiger partial charge in [0.05, 0.1) is 39.3 Å². The molecule has 5 atom stereocenters. The number of nitrogens with zero attached hydrogens (tertiary/aromatic N) is 1. The topological polar surface area (TPSA) is 114 Å². The lowest BCUT2D eigenvalue weighted by atomic mass is 10.00. The van der Waals surface area contributed by atoms with Gasteiger partial charge in [-0.15, -0.1) is 11.3 Å². The third kappa shape index (κ3) is 7.35. The lowest BCUT2D eigenvalue weighted by molar-refractivity contribution is -0.149. The summed E-state index contributed by atoms with van der Waals surface area (Å²) in [5, 5.41) is 23.3. The van der Waals surface area contributed by atoms with Gasteiger partial charge in [-0.1, -0.05) is 30.7 Å². The van der Waals surface area contributed by atoms with Crippen molar-refractivity contribution in [3.8, 4) is 0 Å². The Balaban J connectivity index is 2.43. The van der Waals surface area contributed by atoms with E-state index in [4.69, 9.17) is 4.74 Å². The molecule has 2 rings (SSSR count). The number of esters is 1. The maximum absolute atomic E-state index is 13.3. The first-order chi connectivity index (χ1) is 16.2. The van der Waals surface area contributed by atoms with Crippen LogP contribution < -0.4 is 0 Å². The molecular weight excluding hydrogens is 486 g/mol. The number of ether oxygens (including phenoxy) is 1. The minimum absolute atomic E-state index is 0.405. The van der Waals surface area contributed by atoms with E-state index in [2.05, 4.69) is 4.98 Å². The standard InChI is InChI=1S/C26H39NO6S2/c1-16-9-8-10-17(2)25(30)19(4)35(31,32)26(6,7)23(28)14-24(29)33-22(12-11-16)18(3)13-21-15-34-20(5)27-21/h8,10-11,13,15,17,19,22-23,25,28,30H,9,12,14H2,1-7H3/b10-8-,16-11-,18-13+/t17-,19+,22-,23+,25-/m0/s1. The molecule has 1 aromatic rings. The Bertz CT molecular complexity index is 1080. The highest BCUT2D eigenvalue weighted by molar-refractivity contribution is 7.93. The van der Waals surface area contributed by atoms with Gasteiger partial charge in [-0.2, -0.15) is 0 Å². The minimum atomic E-state index is -4.01. The number of hydrogen-bond donors (Lipinski definition) is 2. The summed E-state index contributed by atoms with van der Waals surface area (Å²) in [6.07, 6.45) is 4.94. The van der Waals surface area contributed by atoms with E-state index in [9.17, 15) is 23.4 Å². The maximum Gasteiger partial charge on any atom is 0.309 e. The number of carbonyl (C=O) groups is 1. The van der Waals surface area contributed by atoms with Crippen LogP contribution in [0.2, 0.25) is 0 Å². The molecule has 0 radical (unpaired) electrons. The van der Waals surface area contributed by atoms with Crippen LogP contribution >= 0.6 is 11.3 Å². The fraction of sp³-hybridized carbons (Fsp3) is 0.615. The van der Waals surface area contributed by atoms with Gasteiger partial charge in [0.25, 0.3) is 0 Å². The van der Waals surface area contributed by atoms with Crippen molar-refractivity contribution in [3.63, 3.8) is 0 Å². The highest BCUT2D eigenvalue weighted by Crippen LogP contribution is 2.31. The van der Waals surface area contributed by atoms with Gasteiger partial charge < -0.3 is 14.9 Å². The number of sulfone groups is 1. The zero-order valence-corrected chi connectivity index (χ0v) is 23.3. The second kappa shape index (κ2) is 12.0. The molecule has 1 aliphatic rings. The van der Waals surface area contributed by atoms with Crippen LogP contribution in [0.5, 0.6) is 0 Å². The summed E-state index contributed by atoms with van der Waals surface area (Å²) in [6, 6.07) is 0. The Morgan fingerprint density at radius 2 is 1.91 bits per heavy atom. The predicted octanol–water partition coefficient (Wildman–Crippen LogP) is 4.39. The molecule has 1 aliphatic heterocycles. The van der Waals surface area contributed by atoms with Gasteiger partial charge in [-0.3, -0.25) is 4.79 Å². The molecule has 7 nitrogen and oxygen atoms in total. The Morgan fingerprint density at radius 1 is 1.26 bits per heavy atom. The van der Waals surface area contributed by atoms with Crippen LogP contribution in [-0.4, -0.2) is 57.9 Å². The third-order valence-corrected chi connectivity index (χ3v) is 10.5. The lowest BCUT2D eigenvalue weighted by Gasteiger charge is -2.35. The largest absolute Gasteiger partial charge is 0.457 e. The summed E-state index contributed by atoms with van der Waals surface area (Å²) in [4.78, 5) is 17.3. The van der Waals surface area contributed by atoms with Crippen LogP contribution in [0.1, 0.15) is 71.5 Å². The van der Waals surface area contributed by atoms with E-state index in [0.29, 0.717) is 12.8 Å². The second-order valence-electron chi connectivity index (χ2n) is 10.00. The number of aliphatic hydroxyl groups excluding tert-OH is 2. The molecule has 0 fully saturated rings. The van der Waals surface area contributed by atoms with Crippen molar-refractivity contribution in [2.75, 3.05) is 0 Å². The van der Waals surface area contributed by atoms with Gasteiger partial charge in [-0.25, -0.2) is 13.4 Å². The molecule has 0 saturated carbocycles. The van der Waals surface area contributed by atoms with Crippen LogP contribution in [-0.2, 0) is 19.4 Å². The number of allylic oxidation sites excluding steroid dienone is 2. The maximum atomic E-state index is 13.3. The average Bonchev–Trinajstić information content (AvgIpc) is 3.18. The normalized spacial score (nSPS) is 33.4. The average molecular weight is 526 g/mol. The van der Waals surface area contributed by atoms with Crippen LogP contribution in [0.15, 0.2) is 34.8 Å². The van der Waals surface area contributed by atoms with Crippen LogP contribution in [0.4, 0.5) is 0 Å². The Labute approximate surface area is 213 Å². The van der Waals surface area contributed by atoms with Gasteiger partial charge >= 0.3 is 5.97 Å². The van der Waals surface area contributed by atoms with E-state index >= 15 is 0 Å². The number of aliphatic hydroxyl groups is 2. The highest BCUT2D eigenvalue weighted by atomic mass is 32.2. The van der Waals surface area contributed by atoms with E-state index in [1.165, 1.54) is 32.1 Å². The zero-order chi connectivity index (χ0) is 26.6. The Hall–Kier alpha value is -1.81. The summed E-state index contributed by atoms with van der Waals surface area (Å²) >= 11 is 1.53. The molecule has 0 saturated heterocycles. The third-order valence-electron chi connectivity index (χ3n) is 6.76. The number of aromatic nitrogens is 1. The molecule has 9 heteroatoms. The highest BCUT2D eigenvalue weighted by Gasteiger charge is 2.47. The van der Waals surface area contributed by atoms with Crippen LogP contribution in [0, 0.1) is 12.8 Å². The van der Waals surface area contributed by atoms with Crippen molar-refractivity contribution in [3.05, 3.63) is 45.5 Å². The van der Waals surface area contributed by atoms with Crippen molar-refractivity contribution in [2.24, 2.45) is 5.92 Å². The van der Waals surface area contributed by atoms with Gasteiger partial charge in [-0.05, 0) is 59.6 Å². The summed E-state index contributed by atoms with van der Waals surface area (Å²) in [5.74, 6) is -1.09. The van der Waals surface area contributed by atoms with Crippen LogP contribution in [0.25, 0.3) is 6.08 Å². The first kappa shape index (κ1) is 29.4. The van der Waals surface area contributed by atoms with Crippen molar-refractivity contribution in [1.29, 1.82) is 0 Å². The number of thiazole rings is 1. The number of carbonyl (C=O) groups excluding carboxylic acids is 1. The molecule has 0 bridgehead atoms. The molecule has 0 amide bonds. The van der Waals surface area contributed by atoms with Crippen molar-refractivity contribution < 1.29 is 28.2 Å². The van der Waals surface area contributed by atoms with E-state index in [0.717, 1.165) is 21.8 Å². The Morgan fingerprint density at radius 3 is 2.51 bits per heavy atom. The molecular formula is C26H39NO6S2. The summed E-state index contributed by atoms with van der Waals surface area (Å²) in [7, 11) is -4.01. The first-order valence-corrected chi connectivity index (χ1v) is 14.3. The number of cyclic esters (lactones) is 1. The lowest BCUT2D eigenvalue weighted by Crippen LogP contribution is -2.52. The summed E-state index contributed by atoms with van der Waals surface area (Å²) < 4.78 is 30.7. The predicted molar refractivity (Wildman–Crippen MR) is 141 cm³/mol. The van der Waals surface area contributed by atoms with E-state index < -0.39 is 56.5 Å². The molecule has 2 heterocycles. The van der Waals surface area contributed by atoms with E-state index in [1.54, 1.807) is 6.92 Å². The SMILES string of the molecule is C/C1=C/C[C@@H](/C(C)=C/c2csc(C)n2)OC(=O)C[C@@H](O)C(C)(C)S(=O)(=O)[C@H](C)[C@@H](O)[C@@H](C)/C=C\C1. The first-order valence-electron chi connectivity index (χ1n) is 11.9. The van der Waals surface area contributed by atoms with Crippen molar-refractivity contribution >= 4 is 33.2 Å². The molecule has 35 heavy (non-hydrogen) atoms. The fourth-order valence-electron chi connectivity index (χ4n) is 3.96.